The summed E-state index contributed by atoms with van der Waals surface area (Å²) in [5, 5.41) is 7.79. The predicted octanol–water partition coefficient (Wildman–Crippen LogP) is 5.94. The topological polar surface area (TPSA) is 68.0 Å². The van der Waals surface area contributed by atoms with Crippen molar-refractivity contribution in [1.29, 1.82) is 0 Å². The first-order valence-electron chi connectivity index (χ1n) is 9.61. The van der Waals surface area contributed by atoms with Gasteiger partial charge in [-0.25, -0.2) is 0 Å². The number of carbonyl (C=O) groups excluding carboxylic acids is 1. The fourth-order valence-corrected chi connectivity index (χ4v) is 3.50. The molecule has 4 aromatic rings. The van der Waals surface area contributed by atoms with Crippen LogP contribution in [0.3, 0.4) is 0 Å². The maximum absolute atomic E-state index is 12.6. The van der Waals surface area contributed by atoms with Crippen LogP contribution in [-0.4, -0.2) is 16.0 Å². The summed E-state index contributed by atoms with van der Waals surface area (Å²) in [5.41, 5.74) is 5.32. The van der Waals surface area contributed by atoms with Crippen LogP contribution in [-0.2, 0) is 11.2 Å². The average molecular weight is 418 g/mol. The second kappa shape index (κ2) is 8.93. The molecule has 2 aromatic carbocycles. The van der Waals surface area contributed by atoms with Gasteiger partial charge in [0, 0.05) is 29.4 Å². The summed E-state index contributed by atoms with van der Waals surface area (Å²) in [5.74, 6) is 0.172. The predicted molar refractivity (Wildman–Crippen MR) is 118 cm³/mol. The van der Waals surface area contributed by atoms with Crippen molar-refractivity contribution in [1.82, 2.24) is 10.1 Å². The number of nitrogens with one attached hydrogen (secondary N) is 1. The summed E-state index contributed by atoms with van der Waals surface area (Å²) in [6, 6.07) is 19.2. The molecular weight excluding hydrogens is 398 g/mol. The van der Waals surface area contributed by atoms with Crippen molar-refractivity contribution in [2.24, 2.45) is 0 Å². The minimum Gasteiger partial charge on any atom is -0.337 e. The van der Waals surface area contributed by atoms with Gasteiger partial charge in [0.25, 0.3) is 0 Å². The highest BCUT2D eigenvalue weighted by atomic mass is 35.5. The second-order valence-electron chi connectivity index (χ2n) is 7.02. The lowest BCUT2D eigenvalue weighted by Crippen LogP contribution is -2.12. The van der Waals surface area contributed by atoms with E-state index in [1.54, 1.807) is 12.4 Å². The zero-order chi connectivity index (χ0) is 20.9. The molecule has 2 aromatic heterocycles. The van der Waals surface area contributed by atoms with Crippen LogP contribution in [0.25, 0.3) is 22.4 Å². The lowest BCUT2D eigenvalue weighted by Gasteiger charge is -2.07. The van der Waals surface area contributed by atoms with E-state index in [1.807, 2.05) is 67.6 Å². The van der Waals surface area contributed by atoms with Gasteiger partial charge in [-0.05, 0) is 54.8 Å². The van der Waals surface area contributed by atoms with Crippen LogP contribution in [0.4, 0.5) is 5.88 Å². The number of aryl methyl sites for hydroxylation is 2. The van der Waals surface area contributed by atoms with Gasteiger partial charge in [0.15, 0.2) is 0 Å². The van der Waals surface area contributed by atoms with E-state index in [0.717, 1.165) is 27.8 Å². The van der Waals surface area contributed by atoms with Crippen LogP contribution in [0.1, 0.15) is 17.5 Å². The zero-order valence-electron chi connectivity index (χ0n) is 16.4. The van der Waals surface area contributed by atoms with Crippen molar-refractivity contribution in [2.75, 3.05) is 5.32 Å². The van der Waals surface area contributed by atoms with Gasteiger partial charge >= 0.3 is 0 Å². The third-order valence-electron chi connectivity index (χ3n) is 4.74. The molecule has 0 spiro atoms. The van der Waals surface area contributed by atoms with Gasteiger partial charge in [-0.3, -0.25) is 15.1 Å². The number of rotatable bonds is 6. The van der Waals surface area contributed by atoms with Gasteiger partial charge in [-0.15, -0.1) is 0 Å². The summed E-state index contributed by atoms with van der Waals surface area (Å²) in [6.07, 6.45) is 4.28. The Morgan fingerprint density at radius 2 is 1.83 bits per heavy atom. The fraction of sp³-hybridized carbons (Fsp3) is 0.125. The number of anilines is 1. The first-order valence-corrected chi connectivity index (χ1v) is 9.99. The van der Waals surface area contributed by atoms with Crippen LogP contribution < -0.4 is 5.32 Å². The summed E-state index contributed by atoms with van der Waals surface area (Å²) < 4.78 is 5.56. The Kier molecular flexibility index (Phi) is 5.91. The molecule has 0 aliphatic heterocycles. The van der Waals surface area contributed by atoms with E-state index >= 15 is 0 Å². The van der Waals surface area contributed by atoms with Crippen LogP contribution in [0.5, 0.6) is 0 Å². The fourth-order valence-electron chi connectivity index (χ4n) is 3.29. The summed E-state index contributed by atoms with van der Waals surface area (Å²) in [4.78, 5) is 16.7. The number of pyridine rings is 1. The standard InChI is InChI=1S/C24H20ClN3O2/c1-16-4-2-6-19(14-16)23-22(18-10-12-26-13-11-18)24(30-28-23)27-21(29)9-8-17-5-3-7-20(25)15-17/h2-7,10-15H,8-9H2,1H3,(H,27,29). The molecule has 0 unspecified atom stereocenters. The van der Waals surface area contributed by atoms with Gasteiger partial charge in [0.1, 0.15) is 5.69 Å². The molecule has 1 amide bonds. The normalized spacial score (nSPS) is 10.7. The minimum absolute atomic E-state index is 0.155. The van der Waals surface area contributed by atoms with Crippen molar-refractivity contribution in [3.8, 4) is 22.4 Å². The number of amides is 1. The first-order chi connectivity index (χ1) is 14.6. The molecule has 30 heavy (non-hydrogen) atoms. The van der Waals surface area contributed by atoms with E-state index in [1.165, 1.54) is 0 Å². The van der Waals surface area contributed by atoms with Gasteiger partial charge in [-0.2, -0.15) is 0 Å². The van der Waals surface area contributed by atoms with Crippen LogP contribution in [0.15, 0.2) is 77.6 Å². The number of nitrogens with zero attached hydrogens (tertiary/aromatic N) is 2. The molecule has 0 saturated carbocycles. The average Bonchev–Trinajstić information content (AvgIpc) is 3.16. The maximum atomic E-state index is 12.6. The van der Waals surface area contributed by atoms with Crippen molar-refractivity contribution < 1.29 is 9.32 Å². The van der Waals surface area contributed by atoms with Crippen LogP contribution >= 0.6 is 11.6 Å². The highest BCUT2D eigenvalue weighted by Gasteiger charge is 2.21. The summed E-state index contributed by atoms with van der Waals surface area (Å²) in [7, 11) is 0. The Hall–Kier alpha value is -3.44. The van der Waals surface area contributed by atoms with E-state index in [-0.39, 0.29) is 5.91 Å². The Bertz CT molecular complexity index is 1170. The van der Waals surface area contributed by atoms with Crippen LogP contribution in [0, 0.1) is 6.92 Å². The Labute approximate surface area is 179 Å². The number of hydrogen-bond donors (Lipinski definition) is 1. The SMILES string of the molecule is Cc1cccc(-c2noc(NC(=O)CCc3cccc(Cl)c3)c2-c2ccncc2)c1. The molecule has 1 N–H and O–H groups in total. The quantitative estimate of drug-likeness (QED) is 0.421. The first kappa shape index (κ1) is 19.9. The Morgan fingerprint density at radius 1 is 1.03 bits per heavy atom. The lowest BCUT2D eigenvalue weighted by molar-refractivity contribution is -0.116. The molecule has 0 saturated heterocycles. The lowest BCUT2D eigenvalue weighted by atomic mass is 10.0. The van der Waals surface area contributed by atoms with E-state index in [9.17, 15) is 4.79 Å². The molecule has 0 bridgehead atoms. The number of halogens is 1. The number of carbonyl (C=O) groups is 1. The largest absolute Gasteiger partial charge is 0.337 e. The highest BCUT2D eigenvalue weighted by Crippen LogP contribution is 2.37. The number of aromatic nitrogens is 2. The molecule has 5 nitrogen and oxygen atoms in total. The molecule has 0 radical (unpaired) electrons. The molecule has 150 valence electrons. The molecule has 0 aliphatic carbocycles. The third kappa shape index (κ3) is 4.58. The molecule has 0 fully saturated rings. The zero-order valence-corrected chi connectivity index (χ0v) is 17.2. The molecule has 6 heteroatoms. The third-order valence-corrected chi connectivity index (χ3v) is 4.97. The van der Waals surface area contributed by atoms with Gasteiger partial charge in [0.05, 0.1) is 5.56 Å². The molecule has 4 rings (SSSR count). The Morgan fingerprint density at radius 3 is 2.60 bits per heavy atom. The van der Waals surface area contributed by atoms with E-state index < -0.39 is 0 Å². The van der Waals surface area contributed by atoms with Crippen molar-refractivity contribution in [3.05, 3.63) is 89.2 Å². The molecule has 2 heterocycles. The van der Waals surface area contributed by atoms with E-state index in [4.69, 9.17) is 16.1 Å². The van der Waals surface area contributed by atoms with Crippen LogP contribution in [0.2, 0.25) is 5.02 Å². The molecular formula is C24H20ClN3O2. The van der Waals surface area contributed by atoms with E-state index in [0.29, 0.717) is 29.4 Å². The van der Waals surface area contributed by atoms with Gasteiger partial charge in [0.2, 0.25) is 11.8 Å². The van der Waals surface area contributed by atoms with Gasteiger partial charge in [-0.1, -0.05) is 52.7 Å². The van der Waals surface area contributed by atoms with Crippen molar-refractivity contribution in [3.63, 3.8) is 0 Å². The Balaban J connectivity index is 1.61. The van der Waals surface area contributed by atoms with Crippen molar-refractivity contribution >= 4 is 23.4 Å². The summed E-state index contributed by atoms with van der Waals surface area (Å²) >= 11 is 6.02. The van der Waals surface area contributed by atoms with E-state index in [2.05, 4.69) is 15.5 Å². The highest BCUT2D eigenvalue weighted by molar-refractivity contribution is 6.30. The molecule has 0 aliphatic rings. The number of hydrogen-bond acceptors (Lipinski definition) is 4. The maximum Gasteiger partial charge on any atom is 0.239 e. The van der Waals surface area contributed by atoms with Crippen molar-refractivity contribution in [2.45, 2.75) is 19.8 Å². The molecule has 0 atom stereocenters. The monoisotopic (exact) mass is 417 g/mol. The van der Waals surface area contributed by atoms with Gasteiger partial charge < -0.3 is 4.52 Å². The number of benzene rings is 2. The smallest absolute Gasteiger partial charge is 0.239 e. The minimum atomic E-state index is -0.155. The second-order valence-corrected chi connectivity index (χ2v) is 7.46. The summed E-state index contributed by atoms with van der Waals surface area (Å²) in [6.45, 7) is 2.02.